The maximum absolute atomic E-state index is 11.2. The van der Waals surface area contributed by atoms with Gasteiger partial charge in [0.25, 0.3) is 0 Å². The molecule has 0 atom stereocenters. The fourth-order valence-electron chi connectivity index (χ4n) is 0.949. The van der Waals surface area contributed by atoms with Crippen LogP contribution in [0, 0.1) is 4.91 Å². The number of hydrogen-bond acceptors (Lipinski definition) is 6. The van der Waals surface area contributed by atoms with Crippen molar-refractivity contribution in [3.05, 3.63) is 27.2 Å². The van der Waals surface area contributed by atoms with Crippen molar-refractivity contribution in [2.45, 2.75) is 82.1 Å². The summed E-state index contributed by atoms with van der Waals surface area (Å²) >= 11 is 0. The number of ketones is 2. The highest BCUT2D eigenvalue weighted by molar-refractivity contribution is 6.05. The molecule has 0 unspecified atom stereocenters. The van der Waals surface area contributed by atoms with Crippen LogP contribution in [0.1, 0.15) is 82.1 Å². The molecule has 0 fully saturated rings. The summed E-state index contributed by atoms with van der Waals surface area (Å²) in [4.78, 5) is 36.4. The van der Waals surface area contributed by atoms with Crippen molar-refractivity contribution in [3.63, 3.8) is 0 Å². The molecule has 0 bridgehead atoms. The molecular formula is C24H50N5O3+. The van der Waals surface area contributed by atoms with Gasteiger partial charge < -0.3 is 0 Å². The molecule has 0 heterocycles. The number of rotatable bonds is 5. The normalized spacial score (nSPS) is 9.47. The second-order valence-electron chi connectivity index (χ2n) is 7.10. The molecule has 0 aliphatic rings. The van der Waals surface area contributed by atoms with Gasteiger partial charge in [-0.1, -0.05) is 25.0 Å². The topological polar surface area (TPSA) is 103 Å². The summed E-state index contributed by atoms with van der Waals surface area (Å²) in [5.74, 6) is 0.128. The van der Waals surface area contributed by atoms with Gasteiger partial charge in [-0.15, -0.1) is 0 Å². The predicted molar refractivity (Wildman–Crippen MR) is 139 cm³/mol. The molecule has 188 valence electrons. The summed E-state index contributed by atoms with van der Waals surface area (Å²) in [6.45, 7) is 19.5. The molecule has 32 heavy (non-hydrogen) atoms. The highest BCUT2D eigenvalue weighted by Crippen LogP contribution is 2.09. The Labute approximate surface area is 197 Å². The Bertz CT molecular complexity index is 596. The van der Waals surface area contributed by atoms with Gasteiger partial charge in [0, 0.05) is 39.7 Å². The maximum atomic E-state index is 11.2. The minimum Gasteiger partial charge on any atom is -0.298 e. The van der Waals surface area contributed by atoms with Crippen LogP contribution in [0.15, 0.2) is 37.5 Å². The van der Waals surface area contributed by atoms with Crippen molar-refractivity contribution in [2.24, 2.45) is 15.2 Å². The molecule has 0 aromatic carbocycles. The van der Waals surface area contributed by atoms with Crippen molar-refractivity contribution in [2.75, 3.05) is 35.2 Å². The molecule has 1 N–H and O–H groups in total. The Kier molecular flexibility index (Phi) is 35.5. The van der Waals surface area contributed by atoms with Gasteiger partial charge >= 0.3 is 0 Å². The van der Waals surface area contributed by atoms with Crippen LogP contribution in [0.2, 0.25) is 0 Å². The molecule has 0 aromatic heterocycles. The molecular weight excluding hydrogens is 406 g/mol. The highest BCUT2D eigenvalue weighted by Gasteiger charge is 2.09. The van der Waals surface area contributed by atoms with Gasteiger partial charge in [0.2, 0.25) is 7.05 Å². The molecule has 8 nitrogen and oxygen atoms in total. The fourth-order valence-corrected chi connectivity index (χ4v) is 0.949. The van der Waals surface area contributed by atoms with Crippen LogP contribution in [-0.4, -0.2) is 57.4 Å². The molecule has 0 spiro atoms. The lowest BCUT2D eigenvalue weighted by Gasteiger charge is -2.02. The molecule has 0 rings (SSSR count). The summed E-state index contributed by atoms with van der Waals surface area (Å²) in [7, 11) is 8.02. The van der Waals surface area contributed by atoms with Crippen molar-refractivity contribution in [1.29, 1.82) is 0 Å². The first kappa shape index (κ1) is 39.9. The van der Waals surface area contributed by atoms with Gasteiger partial charge in [0.05, 0.1) is 12.0 Å². The van der Waals surface area contributed by atoms with Gasteiger partial charge in [0.15, 0.2) is 11.6 Å². The lowest BCUT2D eigenvalue weighted by molar-refractivity contribution is -0.575. The average Bonchev–Trinajstić information content (AvgIpc) is 2.77. The van der Waals surface area contributed by atoms with E-state index in [-0.39, 0.29) is 11.6 Å². The SMILES string of the molecule is CC(C)=C(C)C.CCC(=O)/C(C)=C(/C)C(=O)CC.CN=C(C)C.CN=NC.CN[N+](C)=O. The Hall–Kier alpha value is -2.51. The number of aliphatic imine (C=N–C) groups is 1. The van der Waals surface area contributed by atoms with Gasteiger partial charge in [-0.05, 0) is 66.5 Å². The summed E-state index contributed by atoms with van der Waals surface area (Å²) in [5, 5.41) is 6.72. The number of hydrazine groups is 1. The smallest absolute Gasteiger partial charge is 0.215 e. The average molecular weight is 457 g/mol. The Balaban J connectivity index is -0.000000103. The van der Waals surface area contributed by atoms with Crippen LogP contribution in [0.3, 0.4) is 0 Å². The highest BCUT2D eigenvalue weighted by atomic mass is 16.3. The third-order valence-corrected chi connectivity index (χ3v) is 4.00. The molecule has 0 saturated heterocycles. The van der Waals surface area contributed by atoms with Gasteiger partial charge in [-0.25, -0.2) is 0 Å². The Morgan fingerprint density at radius 2 is 0.938 bits per heavy atom. The third kappa shape index (κ3) is 38.1. The number of allylic oxidation sites excluding steroid dienone is 4. The van der Waals surface area contributed by atoms with Crippen LogP contribution in [0.25, 0.3) is 0 Å². The van der Waals surface area contributed by atoms with E-state index in [2.05, 4.69) is 48.3 Å². The number of nitroso groups, excluding NO2 is 1. The van der Waals surface area contributed by atoms with Crippen molar-refractivity contribution >= 4 is 17.3 Å². The molecule has 0 radical (unpaired) electrons. The molecule has 0 aliphatic carbocycles. The minimum atomic E-state index is 0.0642. The number of nitrogens with zero attached hydrogens (tertiary/aromatic N) is 4. The molecule has 0 amide bonds. The van der Waals surface area contributed by atoms with Gasteiger partial charge in [-0.2, -0.15) is 15.7 Å². The molecule has 0 aliphatic heterocycles. The zero-order valence-corrected chi connectivity index (χ0v) is 23.4. The first-order valence-corrected chi connectivity index (χ1v) is 10.6. The number of hydrogen-bond donors (Lipinski definition) is 1. The zero-order valence-electron chi connectivity index (χ0n) is 23.4. The van der Waals surface area contributed by atoms with Crippen LogP contribution < -0.4 is 5.43 Å². The van der Waals surface area contributed by atoms with Gasteiger partial charge in [0.1, 0.15) is 4.87 Å². The van der Waals surface area contributed by atoms with Crippen LogP contribution in [-0.2, 0) is 9.59 Å². The van der Waals surface area contributed by atoms with Crippen molar-refractivity contribution in [1.82, 2.24) is 5.43 Å². The first-order chi connectivity index (χ1) is 14.6. The number of carbonyl (C=O) groups is 2. The fraction of sp³-hybridized carbons (Fsp3) is 0.708. The number of carbonyl (C=O) groups excluding carboxylic acids is 2. The monoisotopic (exact) mass is 456 g/mol. The number of nitrogens with one attached hydrogen (secondary N) is 1. The van der Waals surface area contributed by atoms with E-state index in [1.165, 1.54) is 18.2 Å². The van der Waals surface area contributed by atoms with Crippen LogP contribution >= 0.6 is 0 Å². The molecule has 8 heteroatoms. The van der Waals surface area contributed by atoms with E-state index in [4.69, 9.17) is 0 Å². The first-order valence-electron chi connectivity index (χ1n) is 10.6. The van der Waals surface area contributed by atoms with E-state index in [1.807, 2.05) is 13.8 Å². The van der Waals surface area contributed by atoms with Gasteiger partial charge in [-0.3, -0.25) is 14.6 Å². The Morgan fingerprint density at radius 1 is 0.719 bits per heavy atom. The number of azo groups is 1. The predicted octanol–water partition coefficient (Wildman–Crippen LogP) is 5.97. The van der Waals surface area contributed by atoms with E-state index >= 15 is 0 Å². The largest absolute Gasteiger partial charge is 0.298 e. The third-order valence-electron chi connectivity index (χ3n) is 4.00. The maximum Gasteiger partial charge on any atom is 0.215 e. The van der Waals surface area contributed by atoms with Crippen LogP contribution in [0.4, 0.5) is 0 Å². The van der Waals surface area contributed by atoms with Crippen LogP contribution in [0.5, 0.6) is 0 Å². The summed E-state index contributed by atoms with van der Waals surface area (Å²) < 4.78 is 0. The summed E-state index contributed by atoms with van der Waals surface area (Å²) in [6, 6.07) is 0. The van der Waals surface area contributed by atoms with E-state index < -0.39 is 0 Å². The lowest BCUT2D eigenvalue weighted by atomic mass is 10.0. The second kappa shape index (κ2) is 28.5. The Morgan fingerprint density at radius 3 is 1.00 bits per heavy atom. The summed E-state index contributed by atoms with van der Waals surface area (Å²) in [5.41, 5.74) is 7.52. The van der Waals surface area contributed by atoms with E-state index in [0.29, 0.717) is 28.9 Å². The minimum absolute atomic E-state index is 0.0642. The van der Waals surface area contributed by atoms with E-state index in [1.54, 1.807) is 55.9 Å². The summed E-state index contributed by atoms with van der Waals surface area (Å²) in [6.07, 6.45) is 0.945. The van der Waals surface area contributed by atoms with Crippen molar-refractivity contribution < 1.29 is 14.5 Å². The standard InChI is InChI=1S/C10H16O2.C6H12.C4H9N.C2H7N2O.C2H6N2/c1-5-9(11)7(3)8(4)10(12)6-2;1-5(2)6(3)4;1-4(2)5-3;1-3-4(2)5;1-3-4-2/h5-6H2,1-4H3;1-4H3;1-3H3;1-2H3,(H,3,5);1-2H3/q;;;+1;/b8-7-;;;;. The van der Waals surface area contributed by atoms with E-state index in [9.17, 15) is 14.5 Å². The lowest BCUT2D eigenvalue weighted by Crippen LogP contribution is -2.15. The molecule has 0 aromatic rings. The van der Waals surface area contributed by atoms with Crippen molar-refractivity contribution in [3.8, 4) is 0 Å². The van der Waals surface area contributed by atoms with E-state index in [0.717, 1.165) is 5.71 Å². The second-order valence-corrected chi connectivity index (χ2v) is 7.10. The zero-order chi connectivity index (χ0) is 26.9. The number of Topliss-reactive ketones (excluding diaryl/α,β-unsaturated/α-hetero) is 2. The molecule has 0 saturated carbocycles. The quantitative estimate of drug-likeness (QED) is 0.137.